The molecule has 1 heterocycles. The quantitative estimate of drug-likeness (QED) is 0.908. The number of rotatable bonds is 4. The second-order valence-corrected chi connectivity index (χ2v) is 5.85. The zero-order valence-electron chi connectivity index (χ0n) is 9.39. The van der Waals surface area contributed by atoms with Gasteiger partial charge in [0.2, 0.25) is 5.91 Å². The Hall–Kier alpha value is -0.940. The number of amides is 1. The molecule has 0 radical (unpaired) electrons. The Labute approximate surface area is 109 Å². The lowest BCUT2D eigenvalue weighted by atomic mass is 10.2. The molecule has 0 atom stereocenters. The summed E-state index contributed by atoms with van der Waals surface area (Å²) >= 11 is 3.26. The lowest BCUT2D eigenvalue weighted by Gasteiger charge is -2.04. The number of hydrogen-bond donors (Lipinski definition) is 1. The van der Waals surface area contributed by atoms with E-state index < -0.39 is 0 Å². The molecule has 1 aliphatic heterocycles. The summed E-state index contributed by atoms with van der Waals surface area (Å²) in [7, 11) is 0. The van der Waals surface area contributed by atoms with E-state index >= 15 is 0 Å². The highest BCUT2D eigenvalue weighted by atomic mass is 32.2. The molecule has 0 bridgehead atoms. The van der Waals surface area contributed by atoms with Crippen LogP contribution < -0.4 is 5.32 Å². The van der Waals surface area contributed by atoms with E-state index in [1.165, 1.54) is 11.8 Å². The third-order valence-electron chi connectivity index (χ3n) is 2.22. The standard InChI is InChI=1S/C12H14N2OS2/c15-11(9-17-12-13-6-7-16-12)14-8-10-4-2-1-3-5-10/h1-5H,6-9H2,(H,14,15). The van der Waals surface area contributed by atoms with Crippen molar-refractivity contribution in [1.82, 2.24) is 5.32 Å². The maximum absolute atomic E-state index is 11.6. The molecule has 5 heteroatoms. The molecule has 3 nitrogen and oxygen atoms in total. The number of benzene rings is 1. The average molecular weight is 266 g/mol. The molecule has 0 fully saturated rings. The molecule has 1 aliphatic rings. The maximum atomic E-state index is 11.6. The molecule has 0 aliphatic carbocycles. The van der Waals surface area contributed by atoms with Gasteiger partial charge in [-0.1, -0.05) is 53.9 Å². The summed E-state index contributed by atoms with van der Waals surface area (Å²) in [5.74, 6) is 1.57. The van der Waals surface area contributed by atoms with Gasteiger partial charge in [-0.05, 0) is 5.56 Å². The minimum Gasteiger partial charge on any atom is -0.351 e. The normalized spacial score (nSPS) is 14.5. The van der Waals surface area contributed by atoms with Gasteiger partial charge in [0.05, 0.1) is 12.3 Å². The highest BCUT2D eigenvalue weighted by molar-refractivity contribution is 8.39. The molecular formula is C12H14N2OS2. The van der Waals surface area contributed by atoms with Crippen molar-refractivity contribution in [3.05, 3.63) is 35.9 Å². The van der Waals surface area contributed by atoms with Crippen LogP contribution in [0.4, 0.5) is 0 Å². The van der Waals surface area contributed by atoms with Crippen molar-refractivity contribution < 1.29 is 4.79 Å². The third-order valence-corrected chi connectivity index (χ3v) is 4.47. The first-order valence-electron chi connectivity index (χ1n) is 5.45. The molecule has 0 spiro atoms. The van der Waals surface area contributed by atoms with Gasteiger partial charge in [-0.3, -0.25) is 9.79 Å². The number of aliphatic imine (C=N–C) groups is 1. The fourth-order valence-corrected chi connectivity index (χ4v) is 3.22. The lowest BCUT2D eigenvalue weighted by molar-refractivity contribution is -0.118. The van der Waals surface area contributed by atoms with Crippen molar-refractivity contribution in [3.8, 4) is 0 Å². The first-order valence-corrected chi connectivity index (χ1v) is 7.42. The summed E-state index contributed by atoms with van der Waals surface area (Å²) in [5.41, 5.74) is 1.12. The molecule has 90 valence electrons. The van der Waals surface area contributed by atoms with Crippen LogP contribution in [0.5, 0.6) is 0 Å². The number of nitrogens with zero attached hydrogens (tertiary/aromatic N) is 1. The Morgan fingerprint density at radius 3 is 2.94 bits per heavy atom. The van der Waals surface area contributed by atoms with E-state index in [9.17, 15) is 4.79 Å². The smallest absolute Gasteiger partial charge is 0.230 e. The molecule has 1 aromatic rings. The van der Waals surface area contributed by atoms with Gasteiger partial charge >= 0.3 is 0 Å². The summed E-state index contributed by atoms with van der Waals surface area (Å²) in [6.07, 6.45) is 0. The van der Waals surface area contributed by atoms with E-state index in [-0.39, 0.29) is 5.91 Å². The fraction of sp³-hybridized carbons (Fsp3) is 0.333. The molecule has 1 aromatic carbocycles. The van der Waals surface area contributed by atoms with Crippen LogP contribution in [0.1, 0.15) is 5.56 Å². The molecule has 2 rings (SSSR count). The van der Waals surface area contributed by atoms with Gasteiger partial charge in [0.15, 0.2) is 0 Å². The van der Waals surface area contributed by atoms with Crippen LogP contribution in [0.15, 0.2) is 35.3 Å². The largest absolute Gasteiger partial charge is 0.351 e. The van der Waals surface area contributed by atoms with Gasteiger partial charge in [0, 0.05) is 12.3 Å². The van der Waals surface area contributed by atoms with E-state index in [0.717, 1.165) is 22.2 Å². The number of thioether (sulfide) groups is 2. The van der Waals surface area contributed by atoms with Crippen molar-refractivity contribution in [2.24, 2.45) is 4.99 Å². The second kappa shape index (κ2) is 6.71. The van der Waals surface area contributed by atoms with Gasteiger partial charge < -0.3 is 5.32 Å². The Balaban J connectivity index is 1.67. The lowest BCUT2D eigenvalue weighted by Crippen LogP contribution is -2.24. The second-order valence-electron chi connectivity index (χ2n) is 3.55. The van der Waals surface area contributed by atoms with Crippen molar-refractivity contribution in [2.45, 2.75) is 6.54 Å². The summed E-state index contributed by atoms with van der Waals surface area (Å²) in [5, 5.41) is 2.90. The predicted octanol–water partition coefficient (Wildman–Crippen LogP) is 2.14. The fourth-order valence-electron chi connectivity index (χ4n) is 1.38. The minimum atomic E-state index is 0.0639. The Morgan fingerprint density at radius 1 is 1.41 bits per heavy atom. The van der Waals surface area contributed by atoms with Crippen molar-refractivity contribution in [2.75, 3.05) is 18.1 Å². The van der Waals surface area contributed by atoms with Gasteiger partial charge in [-0.25, -0.2) is 0 Å². The summed E-state index contributed by atoms with van der Waals surface area (Å²) < 4.78 is 1.04. The SMILES string of the molecule is O=C(CSC1=NCCS1)NCc1ccccc1. The van der Waals surface area contributed by atoms with E-state index in [4.69, 9.17) is 0 Å². The van der Waals surface area contributed by atoms with E-state index in [0.29, 0.717) is 12.3 Å². The van der Waals surface area contributed by atoms with Crippen molar-refractivity contribution in [1.29, 1.82) is 0 Å². The molecule has 0 aromatic heterocycles. The summed E-state index contributed by atoms with van der Waals surface area (Å²) in [4.78, 5) is 15.9. The van der Waals surface area contributed by atoms with Gasteiger partial charge in [-0.2, -0.15) is 0 Å². The number of hydrogen-bond acceptors (Lipinski definition) is 4. The van der Waals surface area contributed by atoms with Crippen LogP contribution in [-0.2, 0) is 11.3 Å². The van der Waals surface area contributed by atoms with Gasteiger partial charge in [0.25, 0.3) is 0 Å². The highest BCUT2D eigenvalue weighted by Gasteiger charge is 2.10. The van der Waals surface area contributed by atoms with Gasteiger partial charge in [0.1, 0.15) is 4.38 Å². The van der Waals surface area contributed by atoms with Crippen LogP contribution in [0.2, 0.25) is 0 Å². The topological polar surface area (TPSA) is 41.5 Å². The minimum absolute atomic E-state index is 0.0639. The number of carbonyl (C=O) groups is 1. The zero-order valence-corrected chi connectivity index (χ0v) is 11.0. The maximum Gasteiger partial charge on any atom is 0.230 e. The highest BCUT2D eigenvalue weighted by Crippen LogP contribution is 2.21. The number of carbonyl (C=O) groups excluding carboxylic acids is 1. The molecule has 1 amide bonds. The average Bonchev–Trinajstić information content (AvgIpc) is 2.88. The molecule has 0 unspecified atom stereocenters. The zero-order chi connectivity index (χ0) is 11.9. The van der Waals surface area contributed by atoms with Crippen LogP contribution in [-0.4, -0.2) is 28.3 Å². The summed E-state index contributed by atoms with van der Waals surface area (Å²) in [6, 6.07) is 9.92. The van der Waals surface area contributed by atoms with E-state index in [2.05, 4.69) is 10.3 Å². The first kappa shape index (κ1) is 12.5. The molecule has 17 heavy (non-hydrogen) atoms. The Kier molecular flexibility index (Phi) is 4.94. The molecule has 0 saturated carbocycles. The molecule has 1 N–H and O–H groups in total. The van der Waals surface area contributed by atoms with Crippen molar-refractivity contribution >= 4 is 33.8 Å². The van der Waals surface area contributed by atoms with Crippen LogP contribution in [0.3, 0.4) is 0 Å². The number of nitrogens with one attached hydrogen (secondary N) is 1. The van der Waals surface area contributed by atoms with E-state index in [1.807, 2.05) is 30.3 Å². The predicted molar refractivity (Wildman–Crippen MR) is 75.5 cm³/mol. The molecular weight excluding hydrogens is 252 g/mol. The molecule has 0 saturated heterocycles. The summed E-state index contributed by atoms with van der Waals surface area (Å²) in [6.45, 7) is 1.48. The Bertz CT molecular complexity index is 406. The van der Waals surface area contributed by atoms with Crippen molar-refractivity contribution in [3.63, 3.8) is 0 Å². The Morgan fingerprint density at radius 2 is 2.24 bits per heavy atom. The first-order chi connectivity index (χ1) is 8.34. The van der Waals surface area contributed by atoms with Crippen LogP contribution >= 0.6 is 23.5 Å². The van der Waals surface area contributed by atoms with Crippen LogP contribution in [0.25, 0.3) is 0 Å². The monoisotopic (exact) mass is 266 g/mol. The van der Waals surface area contributed by atoms with E-state index in [1.54, 1.807) is 11.8 Å². The third kappa shape index (κ3) is 4.44. The van der Waals surface area contributed by atoms with Crippen LogP contribution in [0, 0.1) is 0 Å². The van der Waals surface area contributed by atoms with Gasteiger partial charge in [-0.15, -0.1) is 0 Å².